The fraction of sp³-hybridized carbons (Fsp3) is 0.0833. The zero-order chi connectivity index (χ0) is 14.8. The van der Waals surface area contributed by atoms with Crippen LogP contribution in [0.15, 0.2) is 36.4 Å². The molecule has 0 atom stereocenters. The van der Waals surface area contributed by atoms with Gasteiger partial charge in [0.25, 0.3) is 0 Å². The topological polar surface area (TPSA) is 61.4 Å². The van der Waals surface area contributed by atoms with Crippen molar-refractivity contribution in [2.24, 2.45) is 0 Å². The molecule has 1 aromatic carbocycles. The van der Waals surface area contributed by atoms with E-state index in [4.69, 9.17) is 0 Å². The van der Waals surface area contributed by atoms with Crippen LogP contribution in [0.5, 0.6) is 5.75 Å². The largest absolute Gasteiger partial charge is 0.573 e. The van der Waals surface area contributed by atoms with Gasteiger partial charge in [-0.3, -0.25) is 0 Å². The Morgan fingerprint density at radius 2 is 1.80 bits per heavy atom. The number of carboxylic acid groups (broad SMARTS) is 1. The van der Waals surface area contributed by atoms with Crippen LogP contribution in [-0.4, -0.2) is 12.5 Å². The van der Waals surface area contributed by atoms with Crippen molar-refractivity contribution in [2.75, 3.05) is 5.32 Å². The third-order valence-corrected chi connectivity index (χ3v) is 3.25. The normalized spacial score (nSPS) is 11.2. The maximum atomic E-state index is 12.0. The van der Waals surface area contributed by atoms with Crippen molar-refractivity contribution in [3.05, 3.63) is 36.4 Å². The average Bonchev–Trinajstić information content (AvgIpc) is 2.75. The number of alkyl halides is 3. The predicted molar refractivity (Wildman–Crippen MR) is 65.5 cm³/mol. The van der Waals surface area contributed by atoms with Crippen molar-refractivity contribution in [3.8, 4) is 16.2 Å². The zero-order valence-corrected chi connectivity index (χ0v) is 10.5. The van der Waals surface area contributed by atoms with Crippen LogP contribution in [0.1, 0.15) is 0 Å². The molecule has 0 saturated carbocycles. The summed E-state index contributed by atoms with van der Waals surface area (Å²) in [5.74, 6) is -0.314. The quantitative estimate of drug-likeness (QED) is 0.948. The van der Waals surface area contributed by atoms with E-state index in [1.54, 1.807) is 6.07 Å². The minimum absolute atomic E-state index is 0.314. The van der Waals surface area contributed by atoms with Gasteiger partial charge in [-0.15, -0.1) is 24.5 Å². The molecule has 106 valence electrons. The summed E-state index contributed by atoms with van der Waals surface area (Å²) >= 11 is 1.14. The van der Waals surface area contributed by atoms with Gasteiger partial charge in [0.05, 0.1) is 5.00 Å². The van der Waals surface area contributed by atoms with Crippen molar-refractivity contribution < 1.29 is 27.8 Å². The van der Waals surface area contributed by atoms with Gasteiger partial charge in [0.1, 0.15) is 11.8 Å². The van der Waals surface area contributed by atoms with Crippen LogP contribution in [0.2, 0.25) is 0 Å². The number of thiophene rings is 1. The van der Waals surface area contributed by atoms with Crippen LogP contribution in [0.3, 0.4) is 0 Å². The minimum atomic E-state index is -4.73. The maximum Gasteiger partial charge on any atom is 0.573 e. The number of carbonyl (C=O) groups is 1. The van der Waals surface area contributed by atoms with Crippen molar-refractivity contribution in [1.82, 2.24) is 0 Å². The predicted octanol–water partition coefficient (Wildman–Crippen LogP) is 3.07. The van der Waals surface area contributed by atoms with E-state index in [1.165, 1.54) is 30.3 Å². The van der Waals surface area contributed by atoms with E-state index in [1.807, 2.05) is 0 Å². The highest BCUT2D eigenvalue weighted by Crippen LogP contribution is 2.33. The zero-order valence-electron chi connectivity index (χ0n) is 9.73. The third-order valence-electron chi connectivity index (χ3n) is 2.20. The number of halogens is 3. The summed E-state index contributed by atoms with van der Waals surface area (Å²) < 4.78 is 39.8. The van der Waals surface area contributed by atoms with Gasteiger partial charge in [0.15, 0.2) is 0 Å². The molecule has 0 radical (unpaired) electrons. The molecule has 0 aliphatic heterocycles. The molecule has 1 N–H and O–H groups in total. The fourth-order valence-corrected chi connectivity index (χ4v) is 2.38. The SMILES string of the molecule is O=C([O-])Nc1ccc(-c2ccc(OC(F)(F)F)cc2)s1. The second kappa shape index (κ2) is 5.41. The highest BCUT2D eigenvalue weighted by Gasteiger charge is 2.30. The molecular formula is C12H7F3NO3S-. The molecule has 1 aromatic heterocycles. The van der Waals surface area contributed by atoms with E-state index >= 15 is 0 Å². The molecule has 0 saturated heterocycles. The summed E-state index contributed by atoms with van der Waals surface area (Å²) in [6, 6.07) is 8.47. The first-order chi connectivity index (χ1) is 9.33. The Hall–Kier alpha value is -2.22. The molecule has 0 aliphatic carbocycles. The lowest BCUT2D eigenvalue weighted by Gasteiger charge is -2.08. The van der Waals surface area contributed by atoms with Gasteiger partial charge in [-0.25, -0.2) is 0 Å². The Bertz CT molecular complexity index is 607. The fourth-order valence-electron chi connectivity index (χ4n) is 1.48. The van der Waals surface area contributed by atoms with Gasteiger partial charge in [0.2, 0.25) is 0 Å². The second-order valence-electron chi connectivity index (χ2n) is 3.65. The van der Waals surface area contributed by atoms with E-state index in [0.717, 1.165) is 11.3 Å². The summed E-state index contributed by atoms with van der Waals surface area (Å²) in [5, 5.41) is 12.8. The van der Waals surface area contributed by atoms with Gasteiger partial charge >= 0.3 is 6.36 Å². The molecule has 8 heteroatoms. The van der Waals surface area contributed by atoms with Crippen LogP contribution in [0.25, 0.3) is 10.4 Å². The monoisotopic (exact) mass is 302 g/mol. The first-order valence-corrected chi connectivity index (χ1v) is 6.09. The van der Waals surface area contributed by atoms with Crippen molar-refractivity contribution >= 4 is 22.4 Å². The summed E-state index contributed by atoms with van der Waals surface area (Å²) in [4.78, 5) is 11.1. The highest BCUT2D eigenvalue weighted by molar-refractivity contribution is 7.19. The summed E-state index contributed by atoms with van der Waals surface area (Å²) in [5.41, 5.74) is 0.649. The molecule has 2 rings (SSSR count). The third kappa shape index (κ3) is 3.89. The summed E-state index contributed by atoms with van der Waals surface area (Å²) in [7, 11) is 0. The number of anilines is 1. The van der Waals surface area contributed by atoms with Crippen LogP contribution in [-0.2, 0) is 0 Å². The van der Waals surface area contributed by atoms with Crippen molar-refractivity contribution in [1.29, 1.82) is 0 Å². The summed E-state index contributed by atoms with van der Waals surface area (Å²) in [6.07, 6.45) is -6.15. The average molecular weight is 302 g/mol. The van der Waals surface area contributed by atoms with Crippen LogP contribution in [0, 0.1) is 0 Å². The Morgan fingerprint density at radius 1 is 1.15 bits per heavy atom. The van der Waals surface area contributed by atoms with E-state index < -0.39 is 12.5 Å². The number of nitrogens with one attached hydrogen (secondary N) is 1. The number of benzene rings is 1. The highest BCUT2D eigenvalue weighted by atomic mass is 32.1. The van der Waals surface area contributed by atoms with Gasteiger partial charge < -0.3 is 20.0 Å². The Balaban J connectivity index is 2.13. The molecule has 1 amide bonds. The molecule has 0 bridgehead atoms. The lowest BCUT2D eigenvalue weighted by molar-refractivity contribution is -0.274. The number of carbonyl (C=O) groups excluding carboxylic acids is 1. The van der Waals surface area contributed by atoms with E-state index in [9.17, 15) is 23.1 Å². The molecule has 1 heterocycles. The second-order valence-corrected chi connectivity index (χ2v) is 4.73. The smallest absolute Gasteiger partial charge is 0.530 e. The molecule has 4 nitrogen and oxygen atoms in total. The van der Waals surface area contributed by atoms with Crippen LogP contribution >= 0.6 is 11.3 Å². The lowest BCUT2D eigenvalue weighted by atomic mass is 10.2. The Kier molecular flexibility index (Phi) is 3.84. The summed E-state index contributed by atoms with van der Waals surface area (Å²) in [6.45, 7) is 0. The lowest BCUT2D eigenvalue weighted by Crippen LogP contribution is -2.28. The molecule has 0 spiro atoms. The number of hydrogen-bond donors (Lipinski definition) is 1. The van der Waals surface area contributed by atoms with E-state index in [0.29, 0.717) is 15.4 Å². The standard InChI is InChI=1S/C12H8F3NO3S/c13-12(14,15)19-8-3-1-7(2-4-8)9-5-6-10(20-9)16-11(17)18/h1-6,16H,(H,17,18)/p-1. The molecule has 0 aliphatic rings. The molecule has 0 fully saturated rings. The van der Waals surface area contributed by atoms with Gasteiger partial charge in [-0.05, 0) is 42.0 Å². The van der Waals surface area contributed by atoms with E-state index in [2.05, 4.69) is 10.1 Å². The number of ether oxygens (including phenoxy) is 1. The Labute approximate surface area is 115 Å². The number of amides is 1. The van der Waals surface area contributed by atoms with Gasteiger partial charge in [-0.1, -0.05) is 0 Å². The number of hydrogen-bond acceptors (Lipinski definition) is 4. The van der Waals surface area contributed by atoms with Crippen LogP contribution in [0.4, 0.5) is 23.0 Å². The molecule has 0 unspecified atom stereocenters. The van der Waals surface area contributed by atoms with Gasteiger partial charge in [-0.2, -0.15) is 0 Å². The Morgan fingerprint density at radius 3 is 2.35 bits per heavy atom. The van der Waals surface area contributed by atoms with Gasteiger partial charge in [0, 0.05) is 4.88 Å². The number of rotatable bonds is 3. The molecule has 20 heavy (non-hydrogen) atoms. The minimum Gasteiger partial charge on any atom is -0.530 e. The maximum absolute atomic E-state index is 12.0. The van der Waals surface area contributed by atoms with Crippen molar-refractivity contribution in [3.63, 3.8) is 0 Å². The molecule has 2 aromatic rings. The van der Waals surface area contributed by atoms with Crippen LogP contribution < -0.4 is 15.2 Å². The first-order valence-electron chi connectivity index (χ1n) is 5.27. The molecular weight excluding hydrogens is 295 g/mol. The first kappa shape index (κ1) is 14.2. The van der Waals surface area contributed by atoms with E-state index in [-0.39, 0.29) is 5.75 Å². The van der Waals surface area contributed by atoms with Crippen molar-refractivity contribution in [2.45, 2.75) is 6.36 Å².